The maximum Gasteiger partial charge on any atom is 0.319 e. The monoisotopic (exact) mass is 332 g/mol. The van der Waals surface area contributed by atoms with Crippen LogP contribution in [-0.4, -0.2) is 36.3 Å². The topological polar surface area (TPSA) is 67.4 Å². The number of carbonyl (C=O) groups excluding carboxylic acids is 1. The number of hydrogen-bond acceptors (Lipinski definition) is 3. The van der Waals surface area contributed by atoms with E-state index < -0.39 is 10.8 Å². The Hall–Kier alpha value is -1.11. The van der Waals surface area contributed by atoms with Crippen molar-refractivity contribution < 1.29 is 13.7 Å². The average Bonchev–Trinajstić information content (AvgIpc) is 2.42. The molecule has 0 aromatic heterocycles. The van der Waals surface area contributed by atoms with Crippen LogP contribution in [0, 0.1) is 0 Å². The Morgan fingerprint density at radius 3 is 2.86 bits per heavy atom. The molecule has 0 fully saturated rings. The van der Waals surface area contributed by atoms with Crippen LogP contribution in [0.3, 0.4) is 0 Å². The molecule has 0 radical (unpaired) electrons. The molecule has 0 spiro atoms. The Balaban J connectivity index is 2.49. The van der Waals surface area contributed by atoms with Crippen LogP contribution in [0.25, 0.3) is 0 Å². The molecule has 7 heteroatoms. The minimum Gasteiger partial charge on any atom is -0.382 e. The van der Waals surface area contributed by atoms with Crippen LogP contribution in [-0.2, 0) is 21.3 Å². The molecule has 1 aromatic rings. The first-order valence-electron chi connectivity index (χ1n) is 6.74. The molecule has 2 N–H and O–H groups in total. The highest BCUT2D eigenvalue weighted by Crippen LogP contribution is 2.23. The van der Waals surface area contributed by atoms with Crippen molar-refractivity contribution in [2.75, 3.05) is 31.3 Å². The third kappa shape index (κ3) is 7.45. The number of halogens is 1. The molecule has 1 aromatic carbocycles. The smallest absolute Gasteiger partial charge is 0.319 e. The molecule has 0 bridgehead atoms. The lowest BCUT2D eigenvalue weighted by molar-refractivity contribution is 0.145. The van der Waals surface area contributed by atoms with E-state index in [1.165, 1.54) is 0 Å². The summed E-state index contributed by atoms with van der Waals surface area (Å²) in [5.74, 6) is 0.432. The third-order valence-corrected chi connectivity index (χ3v) is 3.67. The minimum atomic E-state index is -0.938. The first-order chi connectivity index (χ1) is 10.0. The van der Waals surface area contributed by atoms with Crippen LogP contribution in [0.4, 0.5) is 10.5 Å². The highest BCUT2D eigenvalue weighted by atomic mass is 35.5. The predicted molar refractivity (Wildman–Crippen MR) is 87.4 cm³/mol. The Bertz CT molecular complexity index is 497. The van der Waals surface area contributed by atoms with Crippen LogP contribution in [0.2, 0.25) is 5.02 Å². The van der Waals surface area contributed by atoms with Gasteiger partial charge in [0, 0.05) is 42.6 Å². The third-order valence-electron chi connectivity index (χ3n) is 2.60. The molecule has 0 aliphatic rings. The SMILES string of the molecule is CCOCCCNC(=O)Nc1cc(CS(C)=O)ccc1Cl. The number of nitrogens with one attached hydrogen (secondary N) is 2. The van der Waals surface area contributed by atoms with Crippen LogP contribution >= 0.6 is 11.6 Å². The average molecular weight is 333 g/mol. The molecular weight excluding hydrogens is 312 g/mol. The number of anilines is 1. The van der Waals surface area contributed by atoms with Gasteiger partial charge in [-0.3, -0.25) is 4.21 Å². The van der Waals surface area contributed by atoms with E-state index in [1.807, 2.05) is 6.92 Å². The largest absolute Gasteiger partial charge is 0.382 e. The molecule has 0 saturated carbocycles. The summed E-state index contributed by atoms with van der Waals surface area (Å²) in [6.45, 7) is 3.75. The molecule has 2 amide bonds. The van der Waals surface area contributed by atoms with Crippen LogP contribution in [0.1, 0.15) is 18.9 Å². The number of ether oxygens (including phenoxy) is 1. The molecule has 5 nitrogen and oxygen atoms in total. The lowest BCUT2D eigenvalue weighted by Crippen LogP contribution is -2.30. The van der Waals surface area contributed by atoms with Gasteiger partial charge in [-0.15, -0.1) is 0 Å². The second kappa shape index (κ2) is 9.76. The fourth-order valence-electron chi connectivity index (χ4n) is 1.68. The van der Waals surface area contributed by atoms with Crippen LogP contribution in [0.15, 0.2) is 18.2 Å². The van der Waals surface area contributed by atoms with Crippen molar-refractivity contribution in [3.05, 3.63) is 28.8 Å². The summed E-state index contributed by atoms with van der Waals surface area (Å²) in [6, 6.07) is 4.91. The Morgan fingerprint density at radius 2 is 2.19 bits per heavy atom. The molecule has 0 saturated heterocycles. The van der Waals surface area contributed by atoms with Gasteiger partial charge in [0.05, 0.1) is 10.7 Å². The summed E-state index contributed by atoms with van der Waals surface area (Å²) < 4.78 is 16.4. The Morgan fingerprint density at radius 1 is 1.43 bits per heavy atom. The summed E-state index contributed by atoms with van der Waals surface area (Å²) in [4.78, 5) is 11.7. The van der Waals surface area contributed by atoms with Gasteiger partial charge in [0.2, 0.25) is 0 Å². The molecule has 0 aliphatic heterocycles. The van der Waals surface area contributed by atoms with Gasteiger partial charge in [0.25, 0.3) is 0 Å². The maximum absolute atomic E-state index is 11.7. The molecule has 0 heterocycles. The van der Waals surface area contributed by atoms with Crippen molar-refractivity contribution in [1.82, 2.24) is 5.32 Å². The molecular formula is C14H21ClN2O3S. The zero-order valence-electron chi connectivity index (χ0n) is 12.3. The second-order valence-electron chi connectivity index (χ2n) is 4.46. The quantitative estimate of drug-likeness (QED) is 0.719. The molecule has 1 atom stereocenters. The number of urea groups is 1. The Kier molecular flexibility index (Phi) is 8.34. The molecule has 21 heavy (non-hydrogen) atoms. The van der Waals surface area contributed by atoms with Gasteiger partial charge in [-0.1, -0.05) is 17.7 Å². The fraction of sp³-hybridized carbons (Fsp3) is 0.500. The summed E-state index contributed by atoms with van der Waals surface area (Å²) in [6.07, 6.45) is 2.39. The van der Waals surface area contributed by atoms with E-state index in [9.17, 15) is 9.00 Å². The zero-order valence-corrected chi connectivity index (χ0v) is 13.9. The number of benzene rings is 1. The van der Waals surface area contributed by atoms with Gasteiger partial charge in [0.15, 0.2) is 0 Å². The minimum absolute atomic E-state index is 0.317. The van der Waals surface area contributed by atoms with E-state index >= 15 is 0 Å². The summed E-state index contributed by atoms with van der Waals surface area (Å²) in [5.41, 5.74) is 1.38. The van der Waals surface area contributed by atoms with Crippen LogP contribution in [0.5, 0.6) is 0 Å². The van der Waals surface area contributed by atoms with Crippen molar-refractivity contribution in [2.24, 2.45) is 0 Å². The zero-order chi connectivity index (χ0) is 15.7. The van der Waals surface area contributed by atoms with Gasteiger partial charge in [-0.05, 0) is 31.0 Å². The lowest BCUT2D eigenvalue weighted by atomic mass is 10.2. The summed E-state index contributed by atoms with van der Waals surface area (Å²) in [5, 5.41) is 5.87. The van der Waals surface area contributed by atoms with E-state index in [4.69, 9.17) is 16.3 Å². The molecule has 0 aliphatic carbocycles. The number of carbonyl (C=O) groups is 1. The van der Waals surface area contributed by atoms with E-state index in [0.717, 1.165) is 12.0 Å². The van der Waals surface area contributed by atoms with E-state index in [-0.39, 0.29) is 6.03 Å². The van der Waals surface area contributed by atoms with Gasteiger partial charge in [-0.25, -0.2) is 4.79 Å². The van der Waals surface area contributed by atoms with Crippen molar-refractivity contribution in [1.29, 1.82) is 0 Å². The van der Waals surface area contributed by atoms with Crippen molar-refractivity contribution >= 4 is 34.1 Å². The molecule has 1 rings (SSSR count). The van der Waals surface area contributed by atoms with Gasteiger partial charge >= 0.3 is 6.03 Å². The Labute approximate surface area is 132 Å². The fourth-order valence-corrected chi connectivity index (χ4v) is 2.49. The van der Waals surface area contributed by atoms with E-state index in [2.05, 4.69) is 10.6 Å². The van der Waals surface area contributed by atoms with Crippen LogP contribution < -0.4 is 10.6 Å². The van der Waals surface area contributed by atoms with Crippen molar-refractivity contribution in [3.8, 4) is 0 Å². The highest BCUT2D eigenvalue weighted by Gasteiger charge is 2.07. The highest BCUT2D eigenvalue weighted by molar-refractivity contribution is 7.83. The number of amides is 2. The number of hydrogen-bond donors (Lipinski definition) is 2. The van der Waals surface area contributed by atoms with E-state index in [1.54, 1.807) is 24.5 Å². The summed E-state index contributed by atoms with van der Waals surface area (Å²) >= 11 is 6.04. The first-order valence-corrected chi connectivity index (χ1v) is 8.84. The van der Waals surface area contributed by atoms with E-state index in [0.29, 0.717) is 36.2 Å². The summed E-state index contributed by atoms with van der Waals surface area (Å²) in [7, 11) is -0.938. The standard InChI is InChI=1S/C14H21ClN2O3S/c1-3-20-8-4-7-16-14(18)17-13-9-11(10-21(2)19)5-6-12(13)15/h5-6,9H,3-4,7-8,10H2,1-2H3,(H2,16,17,18). The maximum atomic E-state index is 11.7. The second-order valence-corrected chi connectivity index (χ2v) is 6.31. The van der Waals surface area contributed by atoms with Crippen molar-refractivity contribution in [2.45, 2.75) is 19.1 Å². The van der Waals surface area contributed by atoms with Gasteiger partial charge in [0.1, 0.15) is 0 Å². The van der Waals surface area contributed by atoms with Gasteiger partial charge in [-0.2, -0.15) is 0 Å². The predicted octanol–water partition coefficient (Wildman–Crippen LogP) is 2.77. The first kappa shape index (κ1) is 17.9. The molecule has 118 valence electrons. The number of rotatable bonds is 8. The normalized spacial score (nSPS) is 12.0. The lowest BCUT2D eigenvalue weighted by Gasteiger charge is -2.10. The van der Waals surface area contributed by atoms with Gasteiger partial charge < -0.3 is 15.4 Å². The molecule has 1 unspecified atom stereocenters. The van der Waals surface area contributed by atoms with Crippen molar-refractivity contribution in [3.63, 3.8) is 0 Å².